The topological polar surface area (TPSA) is 66.9 Å². The van der Waals surface area contributed by atoms with Gasteiger partial charge in [-0.1, -0.05) is 0 Å². The second-order valence-electron chi connectivity index (χ2n) is 4.40. The zero-order valence-electron chi connectivity index (χ0n) is 10.7. The van der Waals surface area contributed by atoms with Crippen LogP contribution in [0.25, 0.3) is 0 Å². The lowest BCUT2D eigenvalue weighted by Crippen LogP contribution is -2.21. The number of aromatic nitrogens is 1. The Morgan fingerprint density at radius 1 is 1.39 bits per heavy atom. The SMILES string of the molecule is CN(C)CCNc1ccc(O)c(C2OCCO2)n1. The van der Waals surface area contributed by atoms with Gasteiger partial charge in [-0.25, -0.2) is 4.98 Å². The van der Waals surface area contributed by atoms with E-state index in [0.717, 1.165) is 13.1 Å². The van der Waals surface area contributed by atoms with Crippen molar-refractivity contribution in [2.24, 2.45) is 0 Å². The molecule has 18 heavy (non-hydrogen) atoms. The van der Waals surface area contributed by atoms with E-state index in [1.165, 1.54) is 0 Å². The van der Waals surface area contributed by atoms with Crippen LogP contribution in [0.1, 0.15) is 12.0 Å². The Kier molecular flexibility index (Phi) is 4.35. The fourth-order valence-electron chi connectivity index (χ4n) is 1.66. The maximum absolute atomic E-state index is 9.75. The van der Waals surface area contributed by atoms with Crippen molar-refractivity contribution in [3.05, 3.63) is 17.8 Å². The average Bonchev–Trinajstić information content (AvgIpc) is 2.84. The first kappa shape index (κ1) is 13.1. The third kappa shape index (κ3) is 3.32. The normalized spacial score (nSPS) is 16.4. The van der Waals surface area contributed by atoms with Gasteiger partial charge in [-0.15, -0.1) is 0 Å². The largest absolute Gasteiger partial charge is 0.506 e. The Bertz CT molecular complexity index is 392. The van der Waals surface area contributed by atoms with Gasteiger partial charge in [-0.3, -0.25) is 0 Å². The fourth-order valence-corrected chi connectivity index (χ4v) is 1.66. The predicted octanol–water partition coefficient (Wildman–Crippen LogP) is 0.806. The van der Waals surface area contributed by atoms with Crippen LogP contribution in [0.5, 0.6) is 5.75 Å². The maximum Gasteiger partial charge on any atom is 0.205 e. The molecule has 1 aliphatic heterocycles. The van der Waals surface area contributed by atoms with Gasteiger partial charge in [-0.05, 0) is 26.2 Å². The summed E-state index contributed by atoms with van der Waals surface area (Å²) in [5, 5.41) is 12.9. The zero-order valence-corrected chi connectivity index (χ0v) is 10.7. The van der Waals surface area contributed by atoms with E-state index in [1.807, 2.05) is 14.1 Å². The molecular formula is C12H19N3O3. The van der Waals surface area contributed by atoms with Gasteiger partial charge >= 0.3 is 0 Å². The van der Waals surface area contributed by atoms with Gasteiger partial charge in [0, 0.05) is 13.1 Å². The second kappa shape index (κ2) is 5.99. The molecule has 0 aliphatic carbocycles. The van der Waals surface area contributed by atoms with Crippen LogP contribution in [-0.4, -0.2) is 55.4 Å². The van der Waals surface area contributed by atoms with Crippen molar-refractivity contribution in [1.82, 2.24) is 9.88 Å². The van der Waals surface area contributed by atoms with Crippen molar-refractivity contribution in [2.45, 2.75) is 6.29 Å². The Balaban J connectivity index is 2.01. The lowest BCUT2D eigenvalue weighted by molar-refractivity contribution is -0.0486. The van der Waals surface area contributed by atoms with Gasteiger partial charge in [0.2, 0.25) is 6.29 Å². The molecule has 0 amide bonds. The number of pyridine rings is 1. The highest BCUT2D eigenvalue weighted by molar-refractivity contribution is 5.41. The molecule has 2 heterocycles. The highest BCUT2D eigenvalue weighted by Crippen LogP contribution is 2.29. The molecule has 0 aromatic carbocycles. The van der Waals surface area contributed by atoms with Crippen molar-refractivity contribution in [3.8, 4) is 5.75 Å². The molecular weight excluding hydrogens is 234 g/mol. The minimum absolute atomic E-state index is 0.0973. The van der Waals surface area contributed by atoms with E-state index in [1.54, 1.807) is 12.1 Å². The van der Waals surface area contributed by atoms with Gasteiger partial charge in [-0.2, -0.15) is 0 Å². The highest BCUT2D eigenvalue weighted by atomic mass is 16.7. The van der Waals surface area contributed by atoms with E-state index in [0.29, 0.717) is 24.7 Å². The second-order valence-corrected chi connectivity index (χ2v) is 4.40. The number of hydrogen-bond donors (Lipinski definition) is 2. The molecule has 1 aromatic rings. The van der Waals surface area contributed by atoms with Crippen LogP contribution < -0.4 is 5.32 Å². The predicted molar refractivity (Wildman–Crippen MR) is 67.6 cm³/mol. The van der Waals surface area contributed by atoms with E-state index in [-0.39, 0.29) is 5.75 Å². The molecule has 0 spiro atoms. The zero-order chi connectivity index (χ0) is 13.0. The minimum Gasteiger partial charge on any atom is -0.506 e. The fraction of sp³-hybridized carbons (Fsp3) is 0.583. The van der Waals surface area contributed by atoms with Gasteiger partial charge in [0.25, 0.3) is 0 Å². The smallest absolute Gasteiger partial charge is 0.205 e. The molecule has 100 valence electrons. The molecule has 6 nitrogen and oxygen atoms in total. The number of aromatic hydroxyl groups is 1. The van der Waals surface area contributed by atoms with Gasteiger partial charge in [0.05, 0.1) is 13.2 Å². The van der Waals surface area contributed by atoms with E-state index in [4.69, 9.17) is 9.47 Å². The summed E-state index contributed by atoms with van der Waals surface area (Å²) in [5.41, 5.74) is 0.433. The number of hydrogen-bond acceptors (Lipinski definition) is 6. The van der Waals surface area contributed by atoms with Crippen molar-refractivity contribution in [2.75, 3.05) is 45.7 Å². The monoisotopic (exact) mass is 253 g/mol. The first-order chi connectivity index (χ1) is 8.66. The molecule has 0 bridgehead atoms. The van der Waals surface area contributed by atoms with Crippen LogP contribution in [-0.2, 0) is 9.47 Å². The number of rotatable bonds is 5. The molecule has 0 unspecified atom stereocenters. The molecule has 2 N–H and O–H groups in total. The van der Waals surface area contributed by atoms with Crippen LogP contribution in [0.3, 0.4) is 0 Å². The molecule has 0 radical (unpaired) electrons. The van der Waals surface area contributed by atoms with Gasteiger partial charge in [0.1, 0.15) is 17.3 Å². The summed E-state index contributed by atoms with van der Waals surface area (Å²) in [4.78, 5) is 6.40. The number of ether oxygens (including phenoxy) is 2. The summed E-state index contributed by atoms with van der Waals surface area (Å²) in [7, 11) is 4.02. The van der Waals surface area contributed by atoms with Crippen molar-refractivity contribution >= 4 is 5.82 Å². The van der Waals surface area contributed by atoms with Crippen LogP contribution in [0.15, 0.2) is 12.1 Å². The maximum atomic E-state index is 9.75. The molecule has 6 heteroatoms. The summed E-state index contributed by atoms with van der Waals surface area (Å²) >= 11 is 0. The summed E-state index contributed by atoms with van der Waals surface area (Å²) in [6, 6.07) is 3.34. The van der Waals surface area contributed by atoms with Gasteiger partial charge in [0.15, 0.2) is 0 Å². The Morgan fingerprint density at radius 2 is 2.11 bits per heavy atom. The number of nitrogens with zero attached hydrogens (tertiary/aromatic N) is 2. The first-order valence-corrected chi connectivity index (χ1v) is 5.98. The Morgan fingerprint density at radius 3 is 2.78 bits per heavy atom. The summed E-state index contributed by atoms with van der Waals surface area (Å²) < 4.78 is 10.7. The van der Waals surface area contributed by atoms with Crippen LogP contribution in [0.4, 0.5) is 5.82 Å². The van der Waals surface area contributed by atoms with Crippen molar-refractivity contribution < 1.29 is 14.6 Å². The van der Waals surface area contributed by atoms with Gasteiger partial charge < -0.3 is 24.8 Å². The molecule has 0 saturated carbocycles. The number of anilines is 1. The molecule has 1 aromatic heterocycles. The lowest BCUT2D eigenvalue weighted by atomic mass is 10.3. The highest BCUT2D eigenvalue weighted by Gasteiger charge is 2.23. The molecule has 2 rings (SSSR count). The summed E-state index contributed by atoms with van der Waals surface area (Å²) in [6.07, 6.45) is -0.555. The lowest BCUT2D eigenvalue weighted by Gasteiger charge is -2.14. The van der Waals surface area contributed by atoms with Crippen LogP contribution in [0, 0.1) is 0 Å². The van der Waals surface area contributed by atoms with Crippen molar-refractivity contribution in [3.63, 3.8) is 0 Å². The quantitative estimate of drug-likeness (QED) is 0.809. The van der Waals surface area contributed by atoms with E-state index >= 15 is 0 Å². The minimum atomic E-state index is -0.555. The molecule has 1 saturated heterocycles. The Hall–Kier alpha value is -1.37. The molecule has 1 fully saturated rings. The first-order valence-electron chi connectivity index (χ1n) is 5.98. The standard InChI is InChI=1S/C12H19N3O3/c1-15(2)6-5-13-10-4-3-9(16)11(14-10)12-17-7-8-18-12/h3-4,12,16H,5-8H2,1-2H3,(H,13,14). The third-order valence-corrected chi connectivity index (χ3v) is 2.61. The summed E-state index contributed by atoms with van der Waals surface area (Å²) in [6.45, 7) is 2.76. The average molecular weight is 253 g/mol. The van der Waals surface area contributed by atoms with E-state index in [2.05, 4.69) is 15.2 Å². The molecule has 0 atom stereocenters. The third-order valence-electron chi connectivity index (χ3n) is 2.61. The van der Waals surface area contributed by atoms with E-state index < -0.39 is 6.29 Å². The van der Waals surface area contributed by atoms with Crippen LogP contribution in [0.2, 0.25) is 0 Å². The van der Waals surface area contributed by atoms with Crippen molar-refractivity contribution in [1.29, 1.82) is 0 Å². The number of nitrogens with one attached hydrogen (secondary N) is 1. The van der Waals surface area contributed by atoms with E-state index in [9.17, 15) is 5.11 Å². The number of likely N-dealkylation sites (N-methyl/N-ethyl adjacent to an activating group) is 1. The van der Waals surface area contributed by atoms with Crippen LogP contribution >= 0.6 is 0 Å². The Labute approximate surface area is 107 Å². The molecule has 1 aliphatic rings. The summed E-state index contributed by atoms with van der Waals surface area (Å²) in [5.74, 6) is 0.809.